The van der Waals surface area contributed by atoms with Gasteiger partial charge in [-0.2, -0.15) is 0 Å². The summed E-state index contributed by atoms with van der Waals surface area (Å²) in [5.74, 6) is 0. The minimum Gasteiger partial charge on any atom is -0.399 e. The van der Waals surface area contributed by atoms with Crippen molar-refractivity contribution in [1.82, 2.24) is 9.97 Å². The fraction of sp³-hybridized carbons (Fsp3) is 0.231. The van der Waals surface area contributed by atoms with E-state index in [0.717, 1.165) is 18.5 Å². The second-order valence-electron chi connectivity index (χ2n) is 4.21. The minimum atomic E-state index is -0.454. The van der Waals surface area contributed by atoms with Gasteiger partial charge in [0, 0.05) is 17.4 Å². The molecule has 5 nitrogen and oxygen atoms in total. The van der Waals surface area contributed by atoms with Crippen LogP contribution in [0.3, 0.4) is 0 Å². The van der Waals surface area contributed by atoms with Crippen LogP contribution in [0.15, 0.2) is 39.9 Å². The Bertz CT molecular complexity index is 597. The number of nitrogen functional groups attached to an aromatic ring is 1. The average molecular weight is 245 g/mol. The number of benzene rings is 1. The van der Waals surface area contributed by atoms with Gasteiger partial charge < -0.3 is 10.7 Å². The van der Waals surface area contributed by atoms with Gasteiger partial charge in [-0.15, -0.1) is 0 Å². The third kappa shape index (κ3) is 3.35. The van der Waals surface area contributed by atoms with Gasteiger partial charge in [0.15, 0.2) is 0 Å². The summed E-state index contributed by atoms with van der Waals surface area (Å²) in [4.78, 5) is 26.9. The van der Waals surface area contributed by atoms with Crippen molar-refractivity contribution in [2.75, 3.05) is 5.73 Å². The predicted molar refractivity (Wildman–Crippen MR) is 70.6 cm³/mol. The van der Waals surface area contributed by atoms with E-state index in [1.54, 1.807) is 0 Å². The topological polar surface area (TPSA) is 91.7 Å². The molecule has 0 aliphatic rings. The van der Waals surface area contributed by atoms with E-state index in [0.29, 0.717) is 12.1 Å². The third-order valence-electron chi connectivity index (χ3n) is 2.71. The number of hydrogen-bond acceptors (Lipinski definition) is 3. The maximum absolute atomic E-state index is 11.1. The SMILES string of the molecule is Nc1ccc(CCCc2cc(=O)[nH]c(=O)[nH]2)cc1. The van der Waals surface area contributed by atoms with Crippen LogP contribution in [0.2, 0.25) is 0 Å². The molecule has 0 saturated heterocycles. The van der Waals surface area contributed by atoms with E-state index in [9.17, 15) is 9.59 Å². The zero-order valence-electron chi connectivity index (χ0n) is 9.90. The highest BCUT2D eigenvalue weighted by molar-refractivity contribution is 5.39. The lowest BCUT2D eigenvalue weighted by Gasteiger charge is -2.02. The number of hydrogen-bond donors (Lipinski definition) is 3. The Morgan fingerprint density at radius 3 is 2.39 bits per heavy atom. The van der Waals surface area contributed by atoms with Crippen LogP contribution in [-0.4, -0.2) is 9.97 Å². The number of aromatic nitrogens is 2. The summed E-state index contributed by atoms with van der Waals surface area (Å²) in [6.45, 7) is 0. The van der Waals surface area contributed by atoms with E-state index in [4.69, 9.17) is 5.73 Å². The highest BCUT2D eigenvalue weighted by Gasteiger charge is 1.98. The smallest absolute Gasteiger partial charge is 0.325 e. The molecule has 0 amide bonds. The largest absolute Gasteiger partial charge is 0.399 e. The summed E-state index contributed by atoms with van der Waals surface area (Å²) in [6, 6.07) is 9.12. The van der Waals surface area contributed by atoms with Gasteiger partial charge >= 0.3 is 5.69 Å². The fourth-order valence-corrected chi connectivity index (χ4v) is 1.82. The maximum Gasteiger partial charge on any atom is 0.325 e. The highest BCUT2D eigenvalue weighted by atomic mass is 16.2. The molecule has 1 aromatic carbocycles. The fourth-order valence-electron chi connectivity index (χ4n) is 1.82. The Morgan fingerprint density at radius 2 is 1.72 bits per heavy atom. The third-order valence-corrected chi connectivity index (χ3v) is 2.71. The van der Waals surface area contributed by atoms with E-state index in [-0.39, 0.29) is 5.56 Å². The average Bonchev–Trinajstić information content (AvgIpc) is 2.30. The first kappa shape index (κ1) is 12.2. The first-order chi connectivity index (χ1) is 8.63. The molecule has 0 atom stereocenters. The predicted octanol–water partition coefficient (Wildman–Crippen LogP) is 0.821. The Morgan fingerprint density at radius 1 is 1.00 bits per heavy atom. The van der Waals surface area contributed by atoms with Gasteiger partial charge in [-0.25, -0.2) is 4.79 Å². The zero-order chi connectivity index (χ0) is 13.0. The maximum atomic E-state index is 11.1. The molecule has 0 fully saturated rings. The molecule has 0 unspecified atom stereocenters. The molecule has 0 aliphatic heterocycles. The molecule has 0 saturated carbocycles. The van der Waals surface area contributed by atoms with Crippen molar-refractivity contribution >= 4 is 5.69 Å². The first-order valence-corrected chi connectivity index (χ1v) is 5.80. The van der Waals surface area contributed by atoms with Crippen LogP contribution >= 0.6 is 0 Å². The van der Waals surface area contributed by atoms with Gasteiger partial charge in [-0.05, 0) is 37.0 Å². The lowest BCUT2D eigenvalue weighted by molar-refractivity contribution is 0.785. The molecule has 94 valence electrons. The van der Waals surface area contributed by atoms with Crippen LogP contribution < -0.4 is 17.0 Å². The molecule has 0 spiro atoms. The van der Waals surface area contributed by atoms with E-state index >= 15 is 0 Å². The van der Waals surface area contributed by atoms with E-state index < -0.39 is 5.69 Å². The second-order valence-corrected chi connectivity index (χ2v) is 4.21. The number of nitrogens with one attached hydrogen (secondary N) is 2. The van der Waals surface area contributed by atoms with Gasteiger partial charge in [0.1, 0.15) is 0 Å². The molecule has 1 heterocycles. The minimum absolute atomic E-state index is 0.360. The normalized spacial score (nSPS) is 10.4. The Balaban J connectivity index is 1.94. The molecule has 1 aromatic heterocycles. The lowest BCUT2D eigenvalue weighted by atomic mass is 10.1. The zero-order valence-corrected chi connectivity index (χ0v) is 9.90. The van der Waals surface area contributed by atoms with Crippen LogP contribution in [0.5, 0.6) is 0 Å². The molecule has 2 rings (SSSR count). The molecular weight excluding hydrogens is 230 g/mol. The molecule has 2 aromatic rings. The molecular formula is C13H15N3O2. The summed E-state index contributed by atoms with van der Waals surface area (Å²) in [5, 5.41) is 0. The summed E-state index contributed by atoms with van der Waals surface area (Å²) < 4.78 is 0. The molecule has 4 N–H and O–H groups in total. The van der Waals surface area contributed by atoms with Crippen LogP contribution in [0, 0.1) is 0 Å². The van der Waals surface area contributed by atoms with Crippen molar-refractivity contribution in [3.8, 4) is 0 Å². The first-order valence-electron chi connectivity index (χ1n) is 5.80. The molecule has 18 heavy (non-hydrogen) atoms. The second kappa shape index (κ2) is 5.35. The standard InChI is InChI=1S/C13H15N3O2/c14-10-6-4-9(5-7-10)2-1-3-11-8-12(17)16-13(18)15-11/h4-8H,1-3,14H2,(H2,15,16,17,18). The number of nitrogens with two attached hydrogens (primary N) is 1. The summed E-state index contributed by atoms with van der Waals surface area (Å²) in [5.41, 5.74) is 7.39. The molecule has 0 radical (unpaired) electrons. The van der Waals surface area contributed by atoms with Crippen LogP contribution in [-0.2, 0) is 12.8 Å². The highest BCUT2D eigenvalue weighted by Crippen LogP contribution is 2.08. The Kier molecular flexibility index (Phi) is 3.62. The van der Waals surface area contributed by atoms with E-state index in [1.807, 2.05) is 24.3 Å². The van der Waals surface area contributed by atoms with Gasteiger partial charge in [0.25, 0.3) is 5.56 Å². The van der Waals surface area contributed by atoms with E-state index in [1.165, 1.54) is 11.6 Å². The van der Waals surface area contributed by atoms with Crippen LogP contribution in [0.1, 0.15) is 17.7 Å². The van der Waals surface area contributed by atoms with Gasteiger partial charge in [0.2, 0.25) is 0 Å². The van der Waals surface area contributed by atoms with Crippen molar-refractivity contribution in [2.24, 2.45) is 0 Å². The summed E-state index contributed by atoms with van der Waals surface area (Å²) >= 11 is 0. The Labute approximate surface area is 104 Å². The quantitative estimate of drug-likeness (QED) is 0.696. The van der Waals surface area contributed by atoms with Crippen molar-refractivity contribution < 1.29 is 0 Å². The van der Waals surface area contributed by atoms with Gasteiger partial charge in [-0.1, -0.05) is 12.1 Å². The number of rotatable bonds is 4. The van der Waals surface area contributed by atoms with Crippen molar-refractivity contribution in [2.45, 2.75) is 19.3 Å². The van der Waals surface area contributed by atoms with Crippen LogP contribution in [0.25, 0.3) is 0 Å². The Hall–Kier alpha value is -2.30. The van der Waals surface area contributed by atoms with Crippen molar-refractivity contribution in [1.29, 1.82) is 0 Å². The lowest BCUT2D eigenvalue weighted by Crippen LogP contribution is -2.22. The number of anilines is 1. The number of H-pyrrole nitrogens is 2. The molecule has 0 aliphatic carbocycles. The number of aryl methyl sites for hydroxylation is 2. The van der Waals surface area contributed by atoms with Gasteiger partial charge in [-0.3, -0.25) is 9.78 Å². The van der Waals surface area contributed by atoms with Crippen LogP contribution in [0.4, 0.5) is 5.69 Å². The van der Waals surface area contributed by atoms with Crippen molar-refractivity contribution in [3.63, 3.8) is 0 Å². The summed E-state index contributed by atoms with van der Waals surface area (Å²) in [7, 11) is 0. The van der Waals surface area contributed by atoms with Crippen molar-refractivity contribution in [3.05, 3.63) is 62.4 Å². The molecule has 5 heteroatoms. The van der Waals surface area contributed by atoms with Gasteiger partial charge in [0.05, 0.1) is 0 Å². The monoisotopic (exact) mass is 245 g/mol. The number of aromatic amines is 2. The summed E-state index contributed by atoms with van der Waals surface area (Å²) in [6.07, 6.45) is 2.42. The molecule has 0 bridgehead atoms. The van der Waals surface area contributed by atoms with E-state index in [2.05, 4.69) is 9.97 Å².